The summed E-state index contributed by atoms with van der Waals surface area (Å²) in [6, 6.07) is 3.86. The van der Waals surface area contributed by atoms with Crippen molar-refractivity contribution in [3.63, 3.8) is 0 Å². The molecule has 1 heterocycles. The summed E-state index contributed by atoms with van der Waals surface area (Å²) in [6.45, 7) is 4.92. The zero-order valence-corrected chi connectivity index (χ0v) is 12.2. The van der Waals surface area contributed by atoms with Gasteiger partial charge in [0.05, 0.1) is 9.82 Å². The van der Waals surface area contributed by atoms with Crippen LogP contribution in [0.3, 0.4) is 0 Å². The molecule has 0 aliphatic carbocycles. The number of hydrogen-bond acceptors (Lipinski definition) is 5. The molecule has 0 aromatic heterocycles. The van der Waals surface area contributed by atoms with Crippen molar-refractivity contribution in [3.8, 4) is 0 Å². The molecule has 0 amide bonds. The number of aryl methyl sites for hydroxylation is 1. The first-order valence-corrected chi connectivity index (χ1v) is 7.75. The second kappa shape index (κ2) is 5.47. The Morgan fingerprint density at radius 2 is 2.15 bits per heavy atom. The summed E-state index contributed by atoms with van der Waals surface area (Å²) in [6.07, 6.45) is 0. The lowest BCUT2D eigenvalue weighted by molar-refractivity contribution is -0.385. The molecule has 1 fully saturated rings. The highest BCUT2D eigenvalue weighted by molar-refractivity contribution is 7.89. The quantitative estimate of drug-likeness (QED) is 0.661. The third-order valence-corrected chi connectivity index (χ3v) is 5.43. The highest BCUT2D eigenvalue weighted by Gasteiger charge is 2.32. The van der Waals surface area contributed by atoms with Crippen LogP contribution in [0.5, 0.6) is 0 Å². The number of rotatable bonds is 3. The molecule has 7 nitrogen and oxygen atoms in total. The largest absolute Gasteiger partial charge is 0.314 e. The van der Waals surface area contributed by atoms with Crippen molar-refractivity contribution in [2.45, 2.75) is 24.8 Å². The van der Waals surface area contributed by atoms with Gasteiger partial charge < -0.3 is 5.32 Å². The summed E-state index contributed by atoms with van der Waals surface area (Å²) in [5.41, 5.74) is 0.274. The van der Waals surface area contributed by atoms with Gasteiger partial charge in [-0.05, 0) is 19.9 Å². The maximum Gasteiger partial charge on any atom is 0.273 e. The molecule has 1 atom stereocenters. The van der Waals surface area contributed by atoms with E-state index < -0.39 is 14.9 Å². The standard InChI is InChI=1S/C12H17N3O4S/c1-9-3-4-11(7-12(9)15(16)17)20(18,19)14-6-5-13-8-10(14)2/h3-4,7,10,13H,5-6,8H2,1-2H3/t10-/m0/s1. The van der Waals surface area contributed by atoms with E-state index in [4.69, 9.17) is 0 Å². The first-order chi connectivity index (χ1) is 9.34. The molecule has 0 radical (unpaired) electrons. The molecule has 1 aromatic carbocycles. The number of sulfonamides is 1. The van der Waals surface area contributed by atoms with Gasteiger partial charge >= 0.3 is 0 Å². The molecule has 2 rings (SSSR count). The average Bonchev–Trinajstić information content (AvgIpc) is 2.38. The third-order valence-electron chi connectivity index (χ3n) is 3.42. The second-order valence-corrected chi connectivity index (χ2v) is 6.76. The molecule has 0 unspecified atom stereocenters. The van der Waals surface area contributed by atoms with Gasteiger partial charge in [-0.15, -0.1) is 0 Å². The van der Waals surface area contributed by atoms with Crippen molar-refractivity contribution in [1.82, 2.24) is 9.62 Å². The molecule has 20 heavy (non-hydrogen) atoms. The first kappa shape index (κ1) is 14.9. The minimum Gasteiger partial charge on any atom is -0.314 e. The lowest BCUT2D eigenvalue weighted by atomic mass is 10.2. The van der Waals surface area contributed by atoms with Gasteiger partial charge in [0.25, 0.3) is 5.69 Å². The fourth-order valence-corrected chi connectivity index (χ4v) is 3.91. The molecule has 1 aromatic rings. The van der Waals surface area contributed by atoms with Gasteiger partial charge in [0.1, 0.15) is 0 Å². The van der Waals surface area contributed by atoms with E-state index in [9.17, 15) is 18.5 Å². The molecule has 110 valence electrons. The van der Waals surface area contributed by atoms with E-state index in [-0.39, 0.29) is 16.6 Å². The predicted molar refractivity (Wildman–Crippen MR) is 74.1 cm³/mol. The van der Waals surface area contributed by atoms with Crippen LogP contribution < -0.4 is 5.32 Å². The molecule has 8 heteroatoms. The number of nitrogens with zero attached hydrogens (tertiary/aromatic N) is 2. The molecule has 1 aliphatic heterocycles. The molecule has 0 bridgehead atoms. The van der Waals surface area contributed by atoms with E-state index >= 15 is 0 Å². The molecule has 0 spiro atoms. The van der Waals surface area contributed by atoms with Crippen molar-refractivity contribution in [2.75, 3.05) is 19.6 Å². The summed E-state index contributed by atoms with van der Waals surface area (Å²) in [5.74, 6) is 0. The normalized spacial score (nSPS) is 20.8. The van der Waals surface area contributed by atoms with Gasteiger partial charge in [-0.2, -0.15) is 4.31 Å². The van der Waals surface area contributed by atoms with Gasteiger partial charge in [-0.3, -0.25) is 10.1 Å². The van der Waals surface area contributed by atoms with Gasteiger partial charge in [0, 0.05) is 37.3 Å². The van der Waals surface area contributed by atoms with Gasteiger partial charge in [-0.1, -0.05) is 6.07 Å². The Bertz CT molecular complexity index is 630. The highest BCUT2D eigenvalue weighted by atomic mass is 32.2. The smallest absolute Gasteiger partial charge is 0.273 e. The van der Waals surface area contributed by atoms with E-state index in [1.165, 1.54) is 16.4 Å². The number of hydrogen-bond donors (Lipinski definition) is 1. The lowest BCUT2D eigenvalue weighted by Gasteiger charge is -2.32. The van der Waals surface area contributed by atoms with Gasteiger partial charge in [0.15, 0.2) is 0 Å². The minimum absolute atomic E-state index is 0.0245. The monoisotopic (exact) mass is 299 g/mol. The number of nitro benzene ring substituents is 1. The predicted octanol–water partition coefficient (Wildman–Crippen LogP) is 0.886. The van der Waals surface area contributed by atoms with Crippen LogP contribution in [0.4, 0.5) is 5.69 Å². The van der Waals surface area contributed by atoms with Crippen molar-refractivity contribution >= 4 is 15.7 Å². The highest BCUT2D eigenvalue weighted by Crippen LogP contribution is 2.25. The van der Waals surface area contributed by atoms with Crippen molar-refractivity contribution < 1.29 is 13.3 Å². The third kappa shape index (κ3) is 2.67. The van der Waals surface area contributed by atoms with Gasteiger partial charge in [0.2, 0.25) is 10.0 Å². The molecule has 1 N–H and O–H groups in total. The van der Waals surface area contributed by atoms with Crippen LogP contribution >= 0.6 is 0 Å². The Balaban J connectivity index is 2.44. The van der Waals surface area contributed by atoms with Crippen molar-refractivity contribution in [3.05, 3.63) is 33.9 Å². The maximum atomic E-state index is 12.6. The number of nitrogens with one attached hydrogen (secondary N) is 1. The summed E-state index contributed by atoms with van der Waals surface area (Å²) in [7, 11) is -3.70. The molecule has 1 aliphatic rings. The topological polar surface area (TPSA) is 92.6 Å². The summed E-state index contributed by atoms with van der Waals surface area (Å²) >= 11 is 0. The van der Waals surface area contributed by atoms with Crippen LogP contribution in [0.25, 0.3) is 0 Å². The zero-order chi connectivity index (χ0) is 14.9. The van der Waals surface area contributed by atoms with Crippen LogP contribution in [-0.2, 0) is 10.0 Å². The fraction of sp³-hybridized carbons (Fsp3) is 0.500. The SMILES string of the molecule is Cc1ccc(S(=O)(=O)N2CCNC[C@@H]2C)cc1[N+](=O)[O-]. The van der Waals surface area contributed by atoms with Gasteiger partial charge in [-0.25, -0.2) is 8.42 Å². The summed E-state index contributed by atoms with van der Waals surface area (Å²) in [4.78, 5) is 10.3. The molecular formula is C12H17N3O4S. The number of piperazine rings is 1. The molecule has 0 saturated carbocycles. The van der Waals surface area contributed by atoms with E-state index in [0.29, 0.717) is 25.2 Å². The van der Waals surface area contributed by atoms with E-state index in [0.717, 1.165) is 6.07 Å². The van der Waals surface area contributed by atoms with E-state index in [2.05, 4.69) is 5.32 Å². The van der Waals surface area contributed by atoms with Crippen LogP contribution in [0.15, 0.2) is 23.1 Å². The van der Waals surface area contributed by atoms with Crippen LogP contribution in [-0.4, -0.2) is 43.3 Å². The molecular weight excluding hydrogens is 282 g/mol. The van der Waals surface area contributed by atoms with E-state index in [1.807, 2.05) is 6.92 Å². The lowest BCUT2D eigenvalue weighted by Crippen LogP contribution is -2.52. The van der Waals surface area contributed by atoms with Crippen molar-refractivity contribution in [1.29, 1.82) is 0 Å². The van der Waals surface area contributed by atoms with E-state index in [1.54, 1.807) is 6.92 Å². The molecule has 1 saturated heterocycles. The van der Waals surface area contributed by atoms with Crippen LogP contribution in [0, 0.1) is 17.0 Å². The Labute approximate surface area is 117 Å². The minimum atomic E-state index is -3.70. The average molecular weight is 299 g/mol. The summed E-state index contributed by atoms with van der Waals surface area (Å²) in [5, 5.41) is 14.0. The zero-order valence-electron chi connectivity index (χ0n) is 11.4. The second-order valence-electron chi connectivity index (χ2n) is 4.87. The Morgan fingerprint density at radius 1 is 1.45 bits per heavy atom. The Morgan fingerprint density at radius 3 is 2.75 bits per heavy atom. The summed E-state index contributed by atoms with van der Waals surface area (Å²) < 4.78 is 26.5. The fourth-order valence-electron chi connectivity index (χ4n) is 2.26. The maximum absolute atomic E-state index is 12.6. The Hall–Kier alpha value is -1.51. The van der Waals surface area contributed by atoms with Crippen molar-refractivity contribution in [2.24, 2.45) is 0 Å². The number of benzene rings is 1. The van der Waals surface area contributed by atoms with Crippen LogP contribution in [0.2, 0.25) is 0 Å². The first-order valence-electron chi connectivity index (χ1n) is 6.31. The number of nitro groups is 1. The Kier molecular flexibility index (Phi) is 4.07. The van der Waals surface area contributed by atoms with Crippen LogP contribution in [0.1, 0.15) is 12.5 Å².